The van der Waals surface area contributed by atoms with Crippen LogP contribution in [-0.4, -0.2) is 25.3 Å². The van der Waals surface area contributed by atoms with Gasteiger partial charge in [0, 0.05) is 30.1 Å². The third kappa shape index (κ3) is 4.20. The minimum absolute atomic E-state index is 0.286. The topological polar surface area (TPSA) is 49.8 Å². The number of aliphatic hydroxyl groups is 1. The van der Waals surface area contributed by atoms with Gasteiger partial charge in [-0.1, -0.05) is 23.7 Å². The quantitative estimate of drug-likeness (QED) is 0.767. The van der Waals surface area contributed by atoms with Crippen LogP contribution in [0.4, 0.5) is 5.69 Å². The van der Waals surface area contributed by atoms with Gasteiger partial charge in [0.15, 0.2) is 5.85 Å². The molecule has 130 valence electrons. The lowest BCUT2D eigenvalue weighted by atomic mass is 10.2. The third-order valence-electron chi connectivity index (χ3n) is 3.58. The Hall–Kier alpha value is -1.32. The van der Waals surface area contributed by atoms with Crippen LogP contribution in [0.5, 0.6) is 0 Å². The van der Waals surface area contributed by atoms with Gasteiger partial charge in [0.2, 0.25) is 0 Å². The number of nitrogens with zero attached hydrogens (tertiary/aromatic N) is 1. The number of aliphatic hydroxyl groups excluding tert-OH is 1. The fourth-order valence-corrected chi connectivity index (χ4v) is 4.76. The van der Waals surface area contributed by atoms with Gasteiger partial charge in [-0.3, -0.25) is 4.57 Å². The standard InChI is InChI=1S/C18H23ClNO3P/c1-13(2)23-24(22,17-11-9-16(10-12-17)20(3)4)18(21)14-5-7-15(19)8-6-14/h5-13,18,21H,1-4H3/t18-,24-/m1/s1. The molecule has 0 radical (unpaired) electrons. The van der Waals surface area contributed by atoms with E-state index in [0.29, 0.717) is 15.9 Å². The highest BCUT2D eigenvalue weighted by atomic mass is 35.5. The van der Waals surface area contributed by atoms with E-state index in [1.54, 1.807) is 50.2 Å². The maximum Gasteiger partial charge on any atom is 0.264 e. The first-order chi connectivity index (χ1) is 11.2. The zero-order valence-electron chi connectivity index (χ0n) is 14.3. The first-order valence-corrected chi connectivity index (χ1v) is 9.81. The molecule has 0 bridgehead atoms. The molecule has 0 aliphatic carbocycles. The molecule has 6 heteroatoms. The van der Waals surface area contributed by atoms with Crippen molar-refractivity contribution >= 4 is 30.0 Å². The van der Waals surface area contributed by atoms with E-state index in [0.717, 1.165) is 5.69 Å². The lowest BCUT2D eigenvalue weighted by Crippen LogP contribution is -2.18. The second kappa shape index (κ2) is 7.71. The molecular formula is C18H23ClNO3P. The Morgan fingerprint density at radius 3 is 2.04 bits per heavy atom. The molecular weight excluding hydrogens is 345 g/mol. The molecule has 0 saturated heterocycles. The SMILES string of the molecule is CC(C)O[P@](=O)(c1ccc(N(C)C)cc1)[C@@H](O)c1ccc(Cl)cc1. The van der Waals surface area contributed by atoms with Gasteiger partial charge < -0.3 is 14.5 Å². The van der Waals surface area contributed by atoms with E-state index < -0.39 is 13.2 Å². The maximum absolute atomic E-state index is 13.6. The highest BCUT2D eigenvalue weighted by Gasteiger charge is 2.37. The highest BCUT2D eigenvalue weighted by molar-refractivity contribution is 7.67. The van der Waals surface area contributed by atoms with Gasteiger partial charge >= 0.3 is 0 Å². The van der Waals surface area contributed by atoms with Gasteiger partial charge in [-0.2, -0.15) is 0 Å². The fraction of sp³-hybridized carbons (Fsp3) is 0.333. The predicted molar refractivity (Wildman–Crippen MR) is 101 cm³/mol. The van der Waals surface area contributed by atoms with E-state index in [-0.39, 0.29) is 6.10 Å². The van der Waals surface area contributed by atoms with Crippen molar-refractivity contribution in [3.8, 4) is 0 Å². The van der Waals surface area contributed by atoms with Gasteiger partial charge in [-0.25, -0.2) is 0 Å². The van der Waals surface area contributed by atoms with Gasteiger partial charge in [0.25, 0.3) is 7.37 Å². The van der Waals surface area contributed by atoms with Gasteiger partial charge in [-0.05, 0) is 55.8 Å². The minimum Gasteiger partial charge on any atom is -0.378 e. The molecule has 0 fully saturated rings. The van der Waals surface area contributed by atoms with E-state index in [4.69, 9.17) is 16.1 Å². The minimum atomic E-state index is -3.51. The van der Waals surface area contributed by atoms with Crippen LogP contribution < -0.4 is 10.2 Å². The summed E-state index contributed by atoms with van der Waals surface area (Å²) in [7, 11) is 0.353. The summed E-state index contributed by atoms with van der Waals surface area (Å²) in [5.74, 6) is -1.25. The van der Waals surface area contributed by atoms with Crippen molar-refractivity contribution in [2.75, 3.05) is 19.0 Å². The summed E-state index contributed by atoms with van der Waals surface area (Å²) in [6.07, 6.45) is -0.286. The summed E-state index contributed by atoms with van der Waals surface area (Å²) in [4.78, 5) is 1.95. The Morgan fingerprint density at radius 1 is 1.04 bits per heavy atom. The molecule has 0 aromatic heterocycles. The van der Waals surface area contributed by atoms with Gasteiger partial charge in [-0.15, -0.1) is 0 Å². The van der Waals surface area contributed by atoms with Crippen molar-refractivity contribution < 1.29 is 14.2 Å². The first kappa shape index (κ1) is 19.0. The van der Waals surface area contributed by atoms with Gasteiger partial charge in [0.05, 0.1) is 6.10 Å². The van der Waals surface area contributed by atoms with E-state index in [1.807, 2.05) is 31.1 Å². The van der Waals surface area contributed by atoms with Crippen molar-refractivity contribution in [2.45, 2.75) is 25.8 Å². The molecule has 2 aromatic rings. The number of hydrogen-bond donors (Lipinski definition) is 1. The van der Waals surface area contributed by atoms with Crippen LogP contribution in [0.1, 0.15) is 25.3 Å². The number of halogens is 1. The molecule has 2 atom stereocenters. The summed E-state index contributed by atoms with van der Waals surface area (Å²) < 4.78 is 19.3. The van der Waals surface area contributed by atoms with Crippen LogP contribution in [0.25, 0.3) is 0 Å². The molecule has 24 heavy (non-hydrogen) atoms. The van der Waals surface area contributed by atoms with Crippen molar-refractivity contribution in [3.05, 3.63) is 59.1 Å². The number of rotatable bonds is 6. The zero-order valence-corrected chi connectivity index (χ0v) is 16.0. The number of hydrogen-bond acceptors (Lipinski definition) is 4. The monoisotopic (exact) mass is 367 g/mol. The average Bonchev–Trinajstić information content (AvgIpc) is 2.54. The molecule has 0 unspecified atom stereocenters. The molecule has 2 aromatic carbocycles. The molecule has 0 saturated carbocycles. The van der Waals surface area contributed by atoms with Crippen LogP contribution in [0, 0.1) is 0 Å². The second-order valence-electron chi connectivity index (χ2n) is 6.09. The molecule has 4 nitrogen and oxygen atoms in total. The summed E-state index contributed by atoms with van der Waals surface area (Å²) >= 11 is 5.89. The molecule has 2 rings (SSSR count). The molecule has 0 aliphatic heterocycles. The lowest BCUT2D eigenvalue weighted by Gasteiger charge is -2.27. The number of benzene rings is 2. The molecule has 0 spiro atoms. The van der Waals surface area contributed by atoms with Crippen LogP contribution >= 0.6 is 19.0 Å². The van der Waals surface area contributed by atoms with E-state index in [1.165, 1.54) is 0 Å². The van der Waals surface area contributed by atoms with Crippen LogP contribution in [0.2, 0.25) is 5.02 Å². The Balaban J connectivity index is 2.45. The van der Waals surface area contributed by atoms with Crippen LogP contribution in [0.15, 0.2) is 48.5 Å². The largest absolute Gasteiger partial charge is 0.378 e. The second-order valence-corrected chi connectivity index (χ2v) is 8.93. The first-order valence-electron chi connectivity index (χ1n) is 7.73. The normalized spacial score (nSPS) is 15.1. The lowest BCUT2D eigenvalue weighted by molar-refractivity contribution is 0.189. The highest BCUT2D eigenvalue weighted by Crippen LogP contribution is 2.58. The Kier molecular flexibility index (Phi) is 6.11. The summed E-state index contributed by atoms with van der Waals surface area (Å²) in [6, 6.07) is 13.9. The Bertz CT molecular complexity index is 714. The molecule has 0 heterocycles. The van der Waals surface area contributed by atoms with Crippen molar-refractivity contribution in [1.29, 1.82) is 0 Å². The van der Waals surface area contributed by atoms with E-state index in [2.05, 4.69) is 0 Å². The van der Waals surface area contributed by atoms with Crippen molar-refractivity contribution in [3.63, 3.8) is 0 Å². The Morgan fingerprint density at radius 2 is 1.58 bits per heavy atom. The zero-order chi connectivity index (χ0) is 17.9. The molecule has 0 aliphatic rings. The number of anilines is 1. The summed E-state index contributed by atoms with van der Waals surface area (Å²) in [5, 5.41) is 11.8. The van der Waals surface area contributed by atoms with E-state index >= 15 is 0 Å². The third-order valence-corrected chi connectivity index (χ3v) is 6.53. The smallest absolute Gasteiger partial charge is 0.264 e. The average molecular weight is 368 g/mol. The molecule has 1 N–H and O–H groups in total. The summed E-state index contributed by atoms with van der Waals surface area (Å²) in [5.41, 5.74) is 1.50. The predicted octanol–water partition coefficient (Wildman–Crippen LogP) is 4.43. The van der Waals surface area contributed by atoms with Gasteiger partial charge in [0.1, 0.15) is 0 Å². The summed E-state index contributed by atoms with van der Waals surface area (Å²) in [6.45, 7) is 3.60. The molecule has 0 amide bonds. The van der Waals surface area contributed by atoms with Crippen molar-refractivity contribution in [1.82, 2.24) is 0 Å². The maximum atomic E-state index is 13.6. The van der Waals surface area contributed by atoms with Crippen LogP contribution in [0.3, 0.4) is 0 Å². The fourth-order valence-electron chi connectivity index (χ4n) is 2.36. The van der Waals surface area contributed by atoms with E-state index in [9.17, 15) is 9.67 Å². The van der Waals surface area contributed by atoms with Crippen molar-refractivity contribution in [2.24, 2.45) is 0 Å². The van der Waals surface area contributed by atoms with Crippen LogP contribution in [-0.2, 0) is 9.09 Å². The Labute approximate surface area is 148 Å².